The van der Waals surface area contributed by atoms with Crippen molar-refractivity contribution in [1.82, 2.24) is 4.90 Å². The Kier molecular flexibility index (Phi) is 5.30. The van der Waals surface area contributed by atoms with Crippen molar-refractivity contribution >= 4 is 8.38 Å². The maximum atomic E-state index is 8.69. The lowest BCUT2D eigenvalue weighted by Crippen LogP contribution is -2.16. The summed E-state index contributed by atoms with van der Waals surface area (Å²) in [6, 6.07) is 0. The summed E-state index contributed by atoms with van der Waals surface area (Å²) in [5.41, 5.74) is 0. The molecule has 0 radical (unpaired) electrons. The van der Waals surface area contributed by atoms with Crippen molar-refractivity contribution in [3.8, 4) is 0 Å². The molecule has 56 valence electrons. The van der Waals surface area contributed by atoms with Crippen molar-refractivity contribution in [1.29, 1.82) is 0 Å². The van der Waals surface area contributed by atoms with Gasteiger partial charge in [-0.15, -0.1) is 0 Å². The summed E-state index contributed by atoms with van der Waals surface area (Å²) >= 11 is 0. The van der Waals surface area contributed by atoms with Crippen LogP contribution in [0.2, 0.25) is 0 Å². The lowest BCUT2D eigenvalue weighted by Gasteiger charge is -2.10. The molecule has 0 aliphatic heterocycles. The Labute approximate surface area is 57.5 Å². The standard InChI is InChI=1S/C5H14NO2P/c1-6(2)4-5-8-9(3)7/h7H,4-5H2,1-3H3. The number of likely N-dealkylation sites (N-methyl/N-ethyl adjacent to an activating group) is 1. The molecule has 0 spiro atoms. The number of rotatable bonds is 4. The Morgan fingerprint density at radius 2 is 2.11 bits per heavy atom. The van der Waals surface area contributed by atoms with E-state index in [2.05, 4.69) is 0 Å². The normalized spacial score (nSPS) is 14.3. The molecule has 0 rings (SSSR count). The predicted octanol–water partition coefficient (Wildman–Crippen LogP) is 0.499. The third-order valence-corrected chi connectivity index (χ3v) is 1.37. The molecular weight excluding hydrogens is 137 g/mol. The summed E-state index contributed by atoms with van der Waals surface area (Å²) in [4.78, 5) is 10.7. The van der Waals surface area contributed by atoms with Gasteiger partial charge in [0.2, 0.25) is 0 Å². The third-order valence-electron chi connectivity index (χ3n) is 0.817. The zero-order valence-electron chi connectivity index (χ0n) is 6.16. The first kappa shape index (κ1) is 9.31. The van der Waals surface area contributed by atoms with Crippen LogP contribution < -0.4 is 0 Å². The van der Waals surface area contributed by atoms with E-state index in [4.69, 9.17) is 9.42 Å². The lowest BCUT2D eigenvalue weighted by molar-refractivity contribution is 0.261. The molecule has 0 aromatic rings. The zero-order chi connectivity index (χ0) is 7.28. The summed E-state index contributed by atoms with van der Waals surface area (Å²) in [7, 11) is 2.78. The average molecular weight is 151 g/mol. The van der Waals surface area contributed by atoms with Crippen LogP contribution in [0.5, 0.6) is 0 Å². The second-order valence-corrected chi connectivity index (χ2v) is 3.29. The van der Waals surface area contributed by atoms with Crippen molar-refractivity contribution in [2.75, 3.05) is 33.9 Å². The summed E-state index contributed by atoms with van der Waals surface area (Å²) in [6.45, 7) is 3.16. The van der Waals surface area contributed by atoms with Crippen LogP contribution in [0.3, 0.4) is 0 Å². The van der Waals surface area contributed by atoms with E-state index in [0.29, 0.717) is 6.61 Å². The van der Waals surface area contributed by atoms with E-state index >= 15 is 0 Å². The van der Waals surface area contributed by atoms with Crippen molar-refractivity contribution < 1.29 is 9.42 Å². The molecule has 1 unspecified atom stereocenters. The van der Waals surface area contributed by atoms with Crippen LogP contribution in [0.4, 0.5) is 0 Å². The fourth-order valence-electron chi connectivity index (χ4n) is 0.356. The van der Waals surface area contributed by atoms with E-state index in [1.807, 2.05) is 19.0 Å². The fraction of sp³-hybridized carbons (Fsp3) is 1.00. The Hall–Kier alpha value is 0.310. The van der Waals surface area contributed by atoms with E-state index in [-0.39, 0.29) is 0 Å². The molecule has 0 aliphatic carbocycles. The van der Waals surface area contributed by atoms with Crippen molar-refractivity contribution in [3.63, 3.8) is 0 Å². The van der Waals surface area contributed by atoms with Crippen LogP contribution in [-0.2, 0) is 4.52 Å². The maximum Gasteiger partial charge on any atom is 0.164 e. The van der Waals surface area contributed by atoms with Gasteiger partial charge in [0, 0.05) is 13.2 Å². The molecule has 0 aliphatic rings. The van der Waals surface area contributed by atoms with Gasteiger partial charge in [0.15, 0.2) is 8.38 Å². The average Bonchev–Trinajstić information content (AvgIpc) is 1.63. The van der Waals surface area contributed by atoms with Crippen molar-refractivity contribution in [2.24, 2.45) is 0 Å². The molecule has 0 heterocycles. The van der Waals surface area contributed by atoms with Crippen LogP contribution in [0.15, 0.2) is 0 Å². The van der Waals surface area contributed by atoms with Gasteiger partial charge in [-0.3, -0.25) is 0 Å². The highest BCUT2D eigenvalue weighted by molar-refractivity contribution is 7.45. The SMILES string of the molecule is CN(C)CCOP(C)O. The highest BCUT2D eigenvalue weighted by atomic mass is 31.2. The molecule has 0 aromatic carbocycles. The first-order valence-corrected chi connectivity index (χ1v) is 4.49. The minimum atomic E-state index is -1.16. The molecular formula is C5H14NO2P. The topological polar surface area (TPSA) is 32.7 Å². The largest absolute Gasteiger partial charge is 0.350 e. The van der Waals surface area contributed by atoms with E-state index < -0.39 is 8.38 Å². The van der Waals surface area contributed by atoms with Gasteiger partial charge in [-0.2, -0.15) is 0 Å². The Bertz CT molecular complexity index is 60.0. The van der Waals surface area contributed by atoms with Gasteiger partial charge < -0.3 is 14.3 Å². The Morgan fingerprint density at radius 1 is 1.56 bits per heavy atom. The van der Waals surface area contributed by atoms with Gasteiger partial charge in [0.05, 0.1) is 6.61 Å². The first-order chi connectivity index (χ1) is 4.13. The Morgan fingerprint density at radius 3 is 2.44 bits per heavy atom. The molecule has 0 saturated carbocycles. The van der Waals surface area contributed by atoms with E-state index in [1.165, 1.54) is 0 Å². The van der Waals surface area contributed by atoms with Gasteiger partial charge in [-0.1, -0.05) is 0 Å². The quantitative estimate of drug-likeness (QED) is 0.594. The Balaban J connectivity index is 2.91. The molecule has 0 fully saturated rings. The molecule has 9 heavy (non-hydrogen) atoms. The predicted molar refractivity (Wildman–Crippen MR) is 39.6 cm³/mol. The first-order valence-electron chi connectivity index (χ1n) is 2.83. The van der Waals surface area contributed by atoms with Crippen LogP contribution in [-0.4, -0.2) is 43.7 Å². The molecule has 3 nitrogen and oxygen atoms in total. The molecule has 0 amide bonds. The van der Waals surface area contributed by atoms with E-state index in [0.717, 1.165) is 6.54 Å². The number of hydrogen-bond acceptors (Lipinski definition) is 3. The number of nitrogens with zero attached hydrogens (tertiary/aromatic N) is 1. The van der Waals surface area contributed by atoms with E-state index in [1.54, 1.807) is 6.66 Å². The van der Waals surface area contributed by atoms with Crippen molar-refractivity contribution in [3.05, 3.63) is 0 Å². The van der Waals surface area contributed by atoms with Gasteiger partial charge in [-0.05, 0) is 14.1 Å². The van der Waals surface area contributed by atoms with Crippen LogP contribution in [0.25, 0.3) is 0 Å². The molecule has 0 saturated heterocycles. The summed E-state index contributed by atoms with van der Waals surface area (Å²) in [5, 5.41) is 0. The van der Waals surface area contributed by atoms with Gasteiger partial charge in [-0.25, -0.2) is 0 Å². The maximum absolute atomic E-state index is 8.69. The van der Waals surface area contributed by atoms with Gasteiger partial charge in [0.25, 0.3) is 0 Å². The van der Waals surface area contributed by atoms with Crippen molar-refractivity contribution in [2.45, 2.75) is 0 Å². The highest BCUT2D eigenvalue weighted by Gasteiger charge is 1.94. The molecule has 0 aromatic heterocycles. The van der Waals surface area contributed by atoms with E-state index in [9.17, 15) is 0 Å². The second-order valence-electron chi connectivity index (χ2n) is 2.10. The molecule has 4 heteroatoms. The van der Waals surface area contributed by atoms with Crippen LogP contribution in [0.1, 0.15) is 0 Å². The van der Waals surface area contributed by atoms with Crippen LogP contribution >= 0.6 is 8.38 Å². The summed E-state index contributed by atoms with van der Waals surface area (Å²) in [6.07, 6.45) is 0. The van der Waals surface area contributed by atoms with Gasteiger partial charge in [0.1, 0.15) is 0 Å². The number of hydrogen-bond donors (Lipinski definition) is 1. The third kappa shape index (κ3) is 8.31. The highest BCUT2D eigenvalue weighted by Crippen LogP contribution is 2.23. The van der Waals surface area contributed by atoms with Crippen LogP contribution in [0, 0.1) is 0 Å². The molecule has 1 atom stereocenters. The molecule has 0 bridgehead atoms. The summed E-state index contributed by atoms with van der Waals surface area (Å²) in [5.74, 6) is 0. The fourth-order valence-corrected chi connectivity index (χ4v) is 0.701. The van der Waals surface area contributed by atoms with Gasteiger partial charge >= 0.3 is 0 Å². The monoisotopic (exact) mass is 151 g/mol. The minimum Gasteiger partial charge on any atom is -0.350 e. The summed E-state index contributed by atoms with van der Waals surface area (Å²) < 4.78 is 4.93. The zero-order valence-corrected chi connectivity index (χ0v) is 7.06. The smallest absolute Gasteiger partial charge is 0.164 e. The molecule has 1 N–H and O–H groups in total. The lowest BCUT2D eigenvalue weighted by atomic mass is 10.6. The minimum absolute atomic E-state index is 0.617. The second kappa shape index (κ2) is 5.12.